The number of thioether (sulfide) groups is 1. The molecule has 4 rings (SSSR count). The normalized spacial score (nSPS) is 16.2. The first-order chi connectivity index (χ1) is 15.4. The number of benzene rings is 3. The van der Waals surface area contributed by atoms with Crippen molar-refractivity contribution in [1.29, 1.82) is 0 Å². The maximum atomic E-state index is 12.6. The Balaban J connectivity index is 1.64. The molecule has 1 aliphatic rings. The number of nitrogens with one attached hydrogen (secondary N) is 1. The fraction of sp³-hybridized carbons (Fsp3) is 0.160. The number of carbonyl (C=O) groups excluding carboxylic acids is 1. The van der Waals surface area contributed by atoms with Crippen LogP contribution in [0.1, 0.15) is 25.0 Å². The van der Waals surface area contributed by atoms with Gasteiger partial charge in [-0.1, -0.05) is 36.4 Å². The van der Waals surface area contributed by atoms with Crippen molar-refractivity contribution < 1.29 is 19.4 Å². The highest BCUT2D eigenvalue weighted by atomic mass is 32.2. The summed E-state index contributed by atoms with van der Waals surface area (Å²) in [5, 5.41) is 14.3. The Kier molecular flexibility index (Phi) is 6.28. The molecule has 1 saturated heterocycles. The summed E-state index contributed by atoms with van der Waals surface area (Å²) >= 11 is 1.24. The van der Waals surface area contributed by atoms with E-state index in [1.54, 1.807) is 24.3 Å². The number of amides is 1. The van der Waals surface area contributed by atoms with Gasteiger partial charge in [-0.05, 0) is 72.3 Å². The summed E-state index contributed by atoms with van der Waals surface area (Å²) in [4.78, 5) is 28.5. The minimum absolute atomic E-state index is 0.00595. The summed E-state index contributed by atoms with van der Waals surface area (Å²) in [5.74, 6) is -0.427. The van der Waals surface area contributed by atoms with Crippen LogP contribution < -0.4 is 10.1 Å². The number of carbonyl (C=O) groups is 2. The standard InChI is InChI=1S/C25H22N2O4S/c1-15(2)31-21-13-18-8-4-3-7-17(18)12-19(21)14-22-24(30)27-25(32-22)26-20-9-5-6-16(10-20)11-23(28)29/h3-10,12-15H,11H2,1-2H3,(H,28,29)(H,26,27,30). The van der Waals surface area contributed by atoms with E-state index in [4.69, 9.17) is 9.84 Å². The highest BCUT2D eigenvalue weighted by molar-refractivity contribution is 8.18. The van der Waals surface area contributed by atoms with Gasteiger partial charge in [-0.2, -0.15) is 0 Å². The minimum Gasteiger partial charge on any atom is -0.490 e. The number of aliphatic imine (C=N–C) groups is 1. The molecule has 1 fully saturated rings. The lowest BCUT2D eigenvalue weighted by Crippen LogP contribution is -2.19. The van der Waals surface area contributed by atoms with Crippen LogP contribution in [0.15, 0.2) is 70.6 Å². The Labute approximate surface area is 190 Å². The Morgan fingerprint density at radius 2 is 1.88 bits per heavy atom. The first kappa shape index (κ1) is 21.6. The second kappa shape index (κ2) is 9.28. The average Bonchev–Trinajstić information content (AvgIpc) is 3.06. The van der Waals surface area contributed by atoms with E-state index in [1.807, 2.05) is 56.3 Å². The summed E-state index contributed by atoms with van der Waals surface area (Å²) in [7, 11) is 0. The molecule has 0 bridgehead atoms. The summed E-state index contributed by atoms with van der Waals surface area (Å²) in [5.41, 5.74) is 2.05. The molecule has 6 nitrogen and oxygen atoms in total. The molecule has 0 aromatic heterocycles. The van der Waals surface area contributed by atoms with Gasteiger partial charge in [0.15, 0.2) is 5.17 Å². The van der Waals surface area contributed by atoms with E-state index < -0.39 is 5.97 Å². The quantitative estimate of drug-likeness (QED) is 0.512. The third-order valence-corrected chi connectivity index (χ3v) is 5.58. The van der Waals surface area contributed by atoms with E-state index in [2.05, 4.69) is 10.3 Å². The molecule has 32 heavy (non-hydrogen) atoms. The van der Waals surface area contributed by atoms with Gasteiger partial charge in [0.1, 0.15) is 5.75 Å². The number of nitrogens with zero attached hydrogens (tertiary/aromatic N) is 1. The van der Waals surface area contributed by atoms with Crippen molar-refractivity contribution in [1.82, 2.24) is 5.32 Å². The average molecular weight is 447 g/mol. The number of fused-ring (bicyclic) bond motifs is 1. The molecule has 1 aliphatic heterocycles. The molecule has 0 spiro atoms. The maximum Gasteiger partial charge on any atom is 0.307 e. The lowest BCUT2D eigenvalue weighted by atomic mass is 10.1. The van der Waals surface area contributed by atoms with Gasteiger partial charge in [0.2, 0.25) is 0 Å². The molecule has 0 radical (unpaired) electrons. The molecule has 1 amide bonds. The van der Waals surface area contributed by atoms with Gasteiger partial charge in [0.05, 0.1) is 23.1 Å². The molecule has 3 aromatic rings. The fourth-order valence-electron chi connectivity index (χ4n) is 3.36. The lowest BCUT2D eigenvalue weighted by Gasteiger charge is -2.14. The van der Waals surface area contributed by atoms with E-state index in [0.29, 0.717) is 27.1 Å². The van der Waals surface area contributed by atoms with Crippen LogP contribution in [0.4, 0.5) is 5.69 Å². The summed E-state index contributed by atoms with van der Waals surface area (Å²) in [6, 6.07) is 19.0. The predicted octanol–water partition coefficient (Wildman–Crippen LogP) is 5.15. The van der Waals surface area contributed by atoms with Gasteiger partial charge >= 0.3 is 5.97 Å². The maximum absolute atomic E-state index is 12.6. The highest BCUT2D eigenvalue weighted by Crippen LogP contribution is 2.33. The number of hydrogen-bond donors (Lipinski definition) is 2. The number of rotatable bonds is 6. The van der Waals surface area contributed by atoms with E-state index >= 15 is 0 Å². The van der Waals surface area contributed by atoms with E-state index in [9.17, 15) is 9.59 Å². The molecule has 3 aromatic carbocycles. The van der Waals surface area contributed by atoms with Crippen LogP contribution in [-0.2, 0) is 16.0 Å². The van der Waals surface area contributed by atoms with Crippen LogP contribution in [0.3, 0.4) is 0 Å². The van der Waals surface area contributed by atoms with E-state index in [0.717, 1.165) is 16.3 Å². The first-order valence-corrected chi connectivity index (χ1v) is 11.0. The fourth-order valence-corrected chi connectivity index (χ4v) is 4.19. The Hall–Kier alpha value is -3.58. The largest absolute Gasteiger partial charge is 0.490 e. The number of aliphatic carboxylic acids is 1. The number of amidine groups is 1. The summed E-state index contributed by atoms with van der Waals surface area (Å²) < 4.78 is 6.00. The molecule has 0 aliphatic carbocycles. The number of hydrogen-bond acceptors (Lipinski definition) is 5. The van der Waals surface area contributed by atoms with Gasteiger partial charge in [-0.15, -0.1) is 0 Å². The molecular formula is C25H22N2O4S. The smallest absolute Gasteiger partial charge is 0.307 e. The Morgan fingerprint density at radius 1 is 1.12 bits per heavy atom. The molecule has 0 unspecified atom stereocenters. The molecular weight excluding hydrogens is 424 g/mol. The topological polar surface area (TPSA) is 88.0 Å². The number of carboxylic acids is 1. The number of ether oxygens (including phenoxy) is 1. The van der Waals surface area contributed by atoms with Crippen LogP contribution >= 0.6 is 11.8 Å². The van der Waals surface area contributed by atoms with Crippen LogP contribution in [0.2, 0.25) is 0 Å². The molecule has 0 atom stereocenters. The Morgan fingerprint density at radius 3 is 2.59 bits per heavy atom. The van der Waals surface area contributed by atoms with Crippen LogP contribution in [-0.4, -0.2) is 28.3 Å². The van der Waals surface area contributed by atoms with Gasteiger partial charge in [-0.25, -0.2) is 4.99 Å². The van der Waals surface area contributed by atoms with Crippen LogP contribution in [0.25, 0.3) is 16.8 Å². The van der Waals surface area contributed by atoms with E-state index in [1.165, 1.54) is 11.8 Å². The zero-order valence-electron chi connectivity index (χ0n) is 17.7. The van der Waals surface area contributed by atoms with Gasteiger partial charge in [-0.3, -0.25) is 9.59 Å². The predicted molar refractivity (Wildman–Crippen MR) is 128 cm³/mol. The summed E-state index contributed by atoms with van der Waals surface area (Å²) in [6.45, 7) is 3.93. The minimum atomic E-state index is -0.904. The molecule has 0 saturated carbocycles. The monoisotopic (exact) mass is 446 g/mol. The third-order valence-electron chi connectivity index (χ3n) is 4.67. The second-order valence-corrected chi connectivity index (χ2v) is 8.66. The van der Waals surface area contributed by atoms with Crippen molar-refractivity contribution in [2.75, 3.05) is 0 Å². The second-order valence-electron chi connectivity index (χ2n) is 7.63. The zero-order valence-corrected chi connectivity index (χ0v) is 18.5. The molecule has 162 valence electrons. The number of carboxylic acid groups (broad SMARTS) is 1. The molecule has 7 heteroatoms. The highest BCUT2D eigenvalue weighted by Gasteiger charge is 2.24. The first-order valence-electron chi connectivity index (χ1n) is 10.2. The van der Waals surface area contributed by atoms with Crippen molar-refractivity contribution in [2.24, 2.45) is 4.99 Å². The summed E-state index contributed by atoms with van der Waals surface area (Å²) in [6.07, 6.45) is 1.73. The zero-order chi connectivity index (χ0) is 22.7. The van der Waals surface area contributed by atoms with Gasteiger partial charge < -0.3 is 15.2 Å². The SMILES string of the molecule is CC(C)Oc1cc2ccccc2cc1C=C1SC(=Nc2cccc(CC(=O)O)c2)NC1=O. The van der Waals surface area contributed by atoms with E-state index in [-0.39, 0.29) is 18.4 Å². The van der Waals surface area contributed by atoms with Gasteiger partial charge in [0, 0.05) is 5.56 Å². The molecule has 2 N–H and O–H groups in total. The third kappa shape index (κ3) is 5.18. The van der Waals surface area contributed by atoms with Crippen molar-refractivity contribution in [3.05, 3.63) is 76.7 Å². The van der Waals surface area contributed by atoms with Crippen LogP contribution in [0, 0.1) is 0 Å². The van der Waals surface area contributed by atoms with Crippen molar-refractivity contribution >= 4 is 51.3 Å². The van der Waals surface area contributed by atoms with Crippen molar-refractivity contribution in [3.63, 3.8) is 0 Å². The van der Waals surface area contributed by atoms with Crippen molar-refractivity contribution in [2.45, 2.75) is 26.4 Å². The lowest BCUT2D eigenvalue weighted by molar-refractivity contribution is -0.136. The molecule has 1 heterocycles. The Bertz CT molecular complexity index is 1260. The van der Waals surface area contributed by atoms with Gasteiger partial charge in [0.25, 0.3) is 5.91 Å². The van der Waals surface area contributed by atoms with Crippen molar-refractivity contribution in [3.8, 4) is 5.75 Å². The van der Waals surface area contributed by atoms with Crippen LogP contribution in [0.5, 0.6) is 5.75 Å².